The van der Waals surface area contributed by atoms with Crippen molar-refractivity contribution in [2.75, 3.05) is 26.9 Å². The number of rotatable bonds is 3. The first kappa shape index (κ1) is 16.0. The second-order valence-corrected chi connectivity index (χ2v) is 6.72. The first-order chi connectivity index (χ1) is 12.2. The van der Waals surface area contributed by atoms with Crippen molar-refractivity contribution in [2.45, 2.75) is 18.4 Å². The summed E-state index contributed by atoms with van der Waals surface area (Å²) in [6.45, 7) is 2.15. The predicted octanol–water partition coefficient (Wildman–Crippen LogP) is 2.63. The molecule has 2 heterocycles. The van der Waals surface area contributed by atoms with E-state index in [1.165, 1.54) is 5.56 Å². The first-order valence-corrected chi connectivity index (χ1v) is 8.65. The fourth-order valence-electron chi connectivity index (χ4n) is 3.61. The van der Waals surface area contributed by atoms with Crippen LogP contribution in [0.1, 0.15) is 28.3 Å². The second kappa shape index (κ2) is 6.76. The van der Waals surface area contributed by atoms with E-state index >= 15 is 0 Å². The Morgan fingerprint density at radius 1 is 1.12 bits per heavy atom. The van der Waals surface area contributed by atoms with E-state index in [4.69, 9.17) is 9.47 Å². The number of carbonyl (C=O) groups excluding carboxylic acids is 1. The number of benzene rings is 2. The van der Waals surface area contributed by atoms with Crippen LogP contribution in [0.15, 0.2) is 48.5 Å². The van der Waals surface area contributed by atoms with E-state index in [2.05, 4.69) is 23.3 Å². The van der Waals surface area contributed by atoms with E-state index in [0.29, 0.717) is 5.56 Å². The van der Waals surface area contributed by atoms with Crippen LogP contribution in [0.3, 0.4) is 0 Å². The average Bonchev–Trinajstić information content (AvgIpc) is 3.11. The predicted molar refractivity (Wildman–Crippen MR) is 95.1 cm³/mol. The Morgan fingerprint density at radius 3 is 2.76 bits per heavy atom. The van der Waals surface area contributed by atoms with Crippen molar-refractivity contribution >= 4 is 5.91 Å². The number of piperidine rings is 1. The van der Waals surface area contributed by atoms with Crippen LogP contribution in [0.25, 0.3) is 0 Å². The van der Waals surface area contributed by atoms with Crippen molar-refractivity contribution in [3.05, 3.63) is 59.7 Å². The van der Waals surface area contributed by atoms with Gasteiger partial charge in [0.1, 0.15) is 0 Å². The number of fused-ring (bicyclic) bond motifs is 1. The standard InChI is InChI=1S/C20H22N2O3/c1-22-10-9-17(21-20(23)14-5-3-2-4-6-14)16(12-22)15-7-8-18-19(11-15)25-13-24-18/h2-8,11,16-17H,9-10,12-13H2,1H3,(H,21,23)/t16-,17-/m0/s1. The zero-order valence-electron chi connectivity index (χ0n) is 14.3. The monoisotopic (exact) mass is 338 g/mol. The summed E-state index contributed by atoms with van der Waals surface area (Å²) in [4.78, 5) is 14.9. The third-order valence-electron chi connectivity index (χ3n) is 4.99. The molecule has 1 fully saturated rings. The number of hydrogen-bond acceptors (Lipinski definition) is 4. The zero-order valence-corrected chi connectivity index (χ0v) is 14.3. The molecule has 2 aromatic rings. The van der Waals surface area contributed by atoms with Crippen LogP contribution < -0.4 is 14.8 Å². The molecule has 0 radical (unpaired) electrons. The Kier molecular flexibility index (Phi) is 4.32. The van der Waals surface area contributed by atoms with Gasteiger partial charge >= 0.3 is 0 Å². The summed E-state index contributed by atoms with van der Waals surface area (Å²) >= 11 is 0. The van der Waals surface area contributed by atoms with Crippen LogP contribution in [0.4, 0.5) is 0 Å². The molecular formula is C20H22N2O3. The molecule has 1 amide bonds. The zero-order chi connectivity index (χ0) is 17.2. The highest BCUT2D eigenvalue weighted by atomic mass is 16.7. The molecule has 0 aliphatic carbocycles. The molecule has 0 bridgehead atoms. The summed E-state index contributed by atoms with van der Waals surface area (Å²) in [7, 11) is 2.12. The number of ether oxygens (including phenoxy) is 2. The van der Waals surface area contributed by atoms with Crippen molar-refractivity contribution in [3.63, 3.8) is 0 Å². The molecule has 1 N–H and O–H groups in total. The number of amides is 1. The number of likely N-dealkylation sites (N-methyl/N-ethyl adjacent to an activating group) is 1. The fourth-order valence-corrected chi connectivity index (χ4v) is 3.61. The third-order valence-corrected chi connectivity index (χ3v) is 4.99. The number of carbonyl (C=O) groups is 1. The fraction of sp³-hybridized carbons (Fsp3) is 0.350. The molecule has 5 nitrogen and oxygen atoms in total. The first-order valence-electron chi connectivity index (χ1n) is 8.65. The van der Waals surface area contributed by atoms with Gasteiger partial charge in [0.2, 0.25) is 6.79 Å². The molecule has 0 spiro atoms. The lowest BCUT2D eigenvalue weighted by Gasteiger charge is -2.37. The summed E-state index contributed by atoms with van der Waals surface area (Å²) in [5.74, 6) is 1.79. The molecule has 2 aliphatic heterocycles. The van der Waals surface area contributed by atoms with Gasteiger partial charge in [-0.15, -0.1) is 0 Å². The summed E-state index contributed by atoms with van der Waals surface area (Å²) in [6.07, 6.45) is 0.925. The van der Waals surface area contributed by atoms with E-state index in [9.17, 15) is 4.79 Å². The third kappa shape index (κ3) is 3.33. The second-order valence-electron chi connectivity index (χ2n) is 6.72. The lowest BCUT2D eigenvalue weighted by Crippen LogP contribution is -2.48. The number of likely N-dealkylation sites (tertiary alicyclic amines) is 1. The van der Waals surface area contributed by atoms with Gasteiger partial charge in [0.05, 0.1) is 0 Å². The van der Waals surface area contributed by atoms with Gasteiger partial charge in [-0.1, -0.05) is 24.3 Å². The Labute approximate surface area is 147 Å². The highest BCUT2D eigenvalue weighted by molar-refractivity contribution is 5.94. The SMILES string of the molecule is CN1CC[C@H](NC(=O)c2ccccc2)[C@H](c2ccc3c(c2)OCO3)C1. The number of hydrogen-bond donors (Lipinski definition) is 1. The van der Waals surface area contributed by atoms with Crippen molar-refractivity contribution in [2.24, 2.45) is 0 Å². The normalized spacial score (nSPS) is 22.6. The Hall–Kier alpha value is -2.53. The van der Waals surface area contributed by atoms with Gasteiger partial charge < -0.3 is 19.7 Å². The summed E-state index contributed by atoms with van der Waals surface area (Å²) in [6, 6.07) is 15.6. The largest absolute Gasteiger partial charge is 0.454 e. The summed E-state index contributed by atoms with van der Waals surface area (Å²) in [5.41, 5.74) is 1.88. The maximum Gasteiger partial charge on any atom is 0.251 e. The molecule has 25 heavy (non-hydrogen) atoms. The Balaban J connectivity index is 1.56. The average molecular weight is 338 g/mol. The molecule has 1 saturated heterocycles. The molecule has 2 aromatic carbocycles. The molecule has 0 unspecified atom stereocenters. The highest BCUT2D eigenvalue weighted by Gasteiger charge is 2.31. The van der Waals surface area contributed by atoms with Crippen molar-refractivity contribution in [3.8, 4) is 11.5 Å². The molecular weight excluding hydrogens is 316 g/mol. The Morgan fingerprint density at radius 2 is 1.92 bits per heavy atom. The number of nitrogens with zero attached hydrogens (tertiary/aromatic N) is 1. The van der Waals surface area contributed by atoms with Gasteiger partial charge in [0.25, 0.3) is 5.91 Å². The number of nitrogens with one attached hydrogen (secondary N) is 1. The van der Waals surface area contributed by atoms with Gasteiger partial charge in [0.15, 0.2) is 11.5 Å². The van der Waals surface area contributed by atoms with Crippen molar-refractivity contribution in [1.29, 1.82) is 0 Å². The lowest BCUT2D eigenvalue weighted by atomic mass is 9.85. The molecule has 2 aliphatic rings. The summed E-state index contributed by atoms with van der Waals surface area (Å²) < 4.78 is 10.9. The quantitative estimate of drug-likeness (QED) is 0.935. The van der Waals surface area contributed by atoms with Gasteiger partial charge in [-0.2, -0.15) is 0 Å². The van der Waals surface area contributed by atoms with Crippen LogP contribution in [0, 0.1) is 0 Å². The highest BCUT2D eigenvalue weighted by Crippen LogP contribution is 2.37. The van der Waals surface area contributed by atoms with Gasteiger partial charge in [-0.05, 0) is 49.8 Å². The van der Waals surface area contributed by atoms with Crippen LogP contribution in [-0.2, 0) is 0 Å². The van der Waals surface area contributed by atoms with Crippen molar-refractivity contribution < 1.29 is 14.3 Å². The van der Waals surface area contributed by atoms with E-state index in [-0.39, 0.29) is 24.7 Å². The van der Waals surface area contributed by atoms with Crippen LogP contribution >= 0.6 is 0 Å². The molecule has 5 heteroatoms. The molecule has 130 valence electrons. The smallest absolute Gasteiger partial charge is 0.251 e. The van der Waals surface area contributed by atoms with E-state index in [0.717, 1.165) is 31.0 Å². The molecule has 0 aromatic heterocycles. The summed E-state index contributed by atoms with van der Waals surface area (Å²) in [5, 5.41) is 3.23. The lowest BCUT2D eigenvalue weighted by molar-refractivity contribution is 0.0904. The van der Waals surface area contributed by atoms with Crippen LogP contribution in [0.2, 0.25) is 0 Å². The molecule has 4 rings (SSSR count). The minimum atomic E-state index is -0.0131. The maximum absolute atomic E-state index is 12.6. The van der Waals surface area contributed by atoms with Crippen LogP contribution in [0.5, 0.6) is 11.5 Å². The van der Waals surface area contributed by atoms with Crippen LogP contribution in [-0.4, -0.2) is 43.8 Å². The van der Waals surface area contributed by atoms with E-state index < -0.39 is 0 Å². The van der Waals surface area contributed by atoms with Crippen molar-refractivity contribution in [1.82, 2.24) is 10.2 Å². The molecule has 2 atom stereocenters. The van der Waals surface area contributed by atoms with Gasteiger partial charge in [-0.3, -0.25) is 4.79 Å². The topological polar surface area (TPSA) is 50.8 Å². The van der Waals surface area contributed by atoms with E-state index in [1.54, 1.807) is 0 Å². The van der Waals surface area contributed by atoms with Gasteiger partial charge in [-0.25, -0.2) is 0 Å². The van der Waals surface area contributed by atoms with Gasteiger partial charge in [0, 0.05) is 24.1 Å². The Bertz CT molecular complexity index is 763. The molecule has 0 saturated carbocycles. The minimum Gasteiger partial charge on any atom is -0.454 e. The minimum absolute atomic E-state index is 0.0131. The maximum atomic E-state index is 12.6. The van der Waals surface area contributed by atoms with E-state index in [1.807, 2.05) is 42.5 Å².